The molecular formula is C14H26O2. The molecule has 2 heteroatoms. The van der Waals surface area contributed by atoms with Crippen molar-refractivity contribution in [2.45, 2.75) is 77.4 Å². The van der Waals surface area contributed by atoms with Crippen molar-refractivity contribution in [1.82, 2.24) is 0 Å². The van der Waals surface area contributed by atoms with Gasteiger partial charge in [-0.1, -0.05) is 39.5 Å². The molecule has 2 nitrogen and oxygen atoms in total. The first-order valence-electron chi connectivity index (χ1n) is 7.06. The summed E-state index contributed by atoms with van der Waals surface area (Å²) < 4.78 is 0. The minimum Gasteiger partial charge on any atom is -0.233 e. The molecule has 0 aliphatic heterocycles. The fourth-order valence-electron chi connectivity index (χ4n) is 3.09. The van der Waals surface area contributed by atoms with Gasteiger partial charge in [-0.3, -0.25) is 0 Å². The lowest BCUT2D eigenvalue weighted by Crippen LogP contribution is -2.27. The molecule has 0 radical (unpaired) electrons. The van der Waals surface area contributed by atoms with Crippen LogP contribution in [0.4, 0.5) is 0 Å². The van der Waals surface area contributed by atoms with Crippen molar-refractivity contribution < 1.29 is 9.78 Å². The summed E-state index contributed by atoms with van der Waals surface area (Å²) in [4.78, 5) is 11.3. The second-order valence-corrected chi connectivity index (χ2v) is 5.98. The topological polar surface area (TPSA) is 18.5 Å². The summed E-state index contributed by atoms with van der Waals surface area (Å²) in [6, 6.07) is 0. The molecule has 0 aromatic carbocycles. The van der Waals surface area contributed by atoms with Gasteiger partial charge in [-0.2, -0.15) is 0 Å². The van der Waals surface area contributed by atoms with Crippen LogP contribution in [0.25, 0.3) is 0 Å². The van der Waals surface area contributed by atoms with Gasteiger partial charge in [-0.25, -0.2) is 9.78 Å². The van der Waals surface area contributed by atoms with Crippen molar-refractivity contribution in [3.05, 3.63) is 0 Å². The highest BCUT2D eigenvalue weighted by molar-refractivity contribution is 4.71. The molecule has 94 valence electrons. The molecule has 0 aromatic rings. The van der Waals surface area contributed by atoms with Gasteiger partial charge in [0.05, 0.1) is 12.2 Å². The molecule has 0 aromatic heterocycles. The maximum Gasteiger partial charge on any atom is 0.0932 e. The van der Waals surface area contributed by atoms with Crippen LogP contribution in [0.3, 0.4) is 0 Å². The molecule has 16 heavy (non-hydrogen) atoms. The standard InChI is InChI=1S/C14H26O2/c1-11-5-3-7-13(9-11)15-16-14-8-4-6-12(2)10-14/h11-14H,3-10H2,1-2H3. The highest BCUT2D eigenvalue weighted by Gasteiger charge is 2.24. The molecule has 2 rings (SSSR count). The molecular weight excluding hydrogens is 200 g/mol. The lowest BCUT2D eigenvalue weighted by molar-refractivity contribution is -0.361. The second kappa shape index (κ2) is 6.02. The molecule has 4 unspecified atom stereocenters. The van der Waals surface area contributed by atoms with Gasteiger partial charge in [-0.05, 0) is 37.5 Å². The quantitative estimate of drug-likeness (QED) is 0.533. The number of hydrogen-bond acceptors (Lipinski definition) is 2. The Balaban J connectivity index is 1.66. The van der Waals surface area contributed by atoms with Crippen LogP contribution >= 0.6 is 0 Å². The lowest BCUT2D eigenvalue weighted by atomic mass is 9.88. The van der Waals surface area contributed by atoms with E-state index in [-0.39, 0.29) is 0 Å². The van der Waals surface area contributed by atoms with Gasteiger partial charge in [0.15, 0.2) is 0 Å². The largest absolute Gasteiger partial charge is 0.233 e. The third kappa shape index (κ3) is 3.74. The van der Waals surface area contributed by atoms with Crippen LogP contribution in [-0.2, 0) is 9.78 Å². The monoisotopic (exact) mass is 226 g/mol. The number of rotatable bonds is 3. The molecule has 0 amide bonds. The van der Waals surface area contributed by atoms with E-state index in [1.54, 1.807) is 0 Å². The summed E-state index contributed by atoms with van der Waals surface area (Å²) in [5.74, 6) is 1.63. The molecule has 0 spiro atoms. The summed E-state index contributed by atoms with van der Waals surface area (Å²) in [5.41, 5.74) is 0. The summed E-state index contributed by atoms with van der Waals surface area (Å²) in [6.45, 7) is 4.64. The molecule has 2 aliphatic rings. The van der Waals surface area contributed by atoms with Gasteiger partial charge < -0.3 is 0 Å². The summed E-state index contributed by atoms with van der Waals surface area (Å²) in [7, 11) is 0. The lowest BCUT2D eigenvalue weighted by Gasteiger charge is -2.30. The zero-order chi connectivity index (χ0) is 11.4. The van der Waals surface area contributed by atoms with E-state index >= 15 is 0 Å². The van der Waals surface area contributed by atoms with Crippen LogP contribution < -0.4 is 0 Å². The Morgan fingerprint density at radius 1 is 0.688 bits per heavy atom. The fourth-order valence-corrected chi connectivity index (χ4v) is 3.09. The highest BCUT2D eigenvalue weighted by atomic mass is 17.2. The van der Waals surface area contributed by atoms with Crippen molar-refractivity contribution in [3.8, 4) is 0 Å². The third-order valence-corrected chi connectivity index (χ3v) is 4.10. The van der Waals surface area contributed by atoms with E-state index in [1.165, 1.54) is 51.4 Å². The van der Waals surface area contributed by atoms with Crippen LogP contribution in [0, 0.1) is 11.8 Å². The Hall–Kier alpha value is -0.0800. The maximum atomic E-state index is 5.64. The molecule has 0 N–H and O–H groups in total. The molecule has 0 heterocycles. The molecule has 2 saturated carbocycles. The summed E-state index contributed by atoms with van der Waals surface area (Å²) >= 11 is 0. The smallest absolute Gasteiger partial charge is 0.0932 e. The Morgan fingerprint density at radius 2 is 1.12 bits per heavy atom. The van der Waals surface area contributed by atoms with E-state index in [2.05, 4.69) is 13.8 Å². The van der Waals surface area contributed by atoms with E-state index in [9.17, 15) is 0 Å². The van der Waals surface area contributed by atoms with Crippen LogP contribution in [0.15, 0.2) is 0 Å². The van der Waals surface area contributed by atoms with E-state index < -0.39 is 0 Å². The minimum atomic E-state index is 0.362. The molecule has 0 bridgehead atoms. The zero-order valence-corrected chi connectivity index (χ0v) is 10.8. The Bertz CT molecular complexity index is 183. The van der Waals surface area contributed by atoms with E-state index in [0.717, 1.165) is 11.8 Å². The first kappa shape index (κ1) is 12.4. The molecule has 4 atom stereocenters. The number of hydrogen-bond donors (Lipinski definition) is 0. The van der Waals surface area contributed by atoms with E-state index in [4.69, 9.17) is 9.78 Å². The fraction of sp³-hybridized carbons (Fsp3) is 1.00. The van der Waals surface area contributed by atoms with Crippen LogP contribution in [0.1, 0.15) is 65.2 Å². The van der Waals surface area contributed by atoms with Gasteiger partial charge in [0, 0.05) is 0 Å². The van der Waals surface area contributed by atoms with Crippen molar-refractivity contribution >= 4 is 0 Å². The predicted octanol–water partition coefficient (Wildman–Crippen LogP) is 4.09. The summed E-state index contributed by atoms with van der Waals surface area (Å²) in [6.07, 6.45) is 10.8. The van der Waals surface area contributed by atoms with Gasteiger partial charge in [0.1, 0.15) is 0 Å². The van der Waals surface area contributed by atoms with Crippen molar-refractivity contribution in [2.75, 3.05) is 0 Å². The Labute approximate surface area is 99.6 Å². The third-order valence-electron chi connectivity index (χ3n) is 4.10. The summed E-state index contributed by atoms with van der Waals surface area (Å²) in [5, 5.41) is 0. The Kier molecular flexibility index (Phi) is 4.66. The normalized spacial score (nSPS) is 40.9. The average Bonchev–Trinajstić information content (AvgIpc) is 2.27. The average molecular weight is 226 g/mol. The van der Waals surface area contributed by atoms with Crippen molar-refractivity contribution in [2.24, 2.45) is 11.8 Å². The second-order valence-electron chi connectivity index (χ2n) is 5.98. The van der Waals surface area contributed by atoms with Gasteiger partial charge >= 0.3 is 0 Å². The van der Waals surface area contributed by atoms with Crippen molar-refractivity contribution in [1.29, 1.82) is 0 Å². The zero-order valence-electron chi connectivity index (χ0n) is 10.8. The van der Waals surface area contributed by atoms with E-state index in [0.29, 0.717) is 12.2 Å². The van der Waals surface area contributed by atoms with Gasteiger partial charge in [-0.15, -0.1) is 0 Å². The van der Waals surface area contributed by atoms with Crippen LogP contribution in [0.5, 0.6) is 0 Å². The first-order chi connectivity index (χ1) is 7.74. The molecule has 0 saturated heterocycles. The molecule has 2 fully saturated rings. The van der Waals surface area contributed by atoms with Crippen LogP contribution in [-0.4, -0.2) is 12.2 Å². The van der Waals surface area contributed by atoms with Crippen LogP contribution in [0.2, 0.25) is 0 Å². The first-order valence-corrected chi connectivity index (χ1v) is 7.06. The highest BCUT2D eigenvalue weighted by Crippen LogP contribution is 2.29. The van der Waals surface area contributed by atoms with Crippen molar-refractivity contribution in [3.63, 3.8) is 0 Å². The predicted molar refractivity (Wildman–Crippen MR) is 65.0 cm³/mol. The SMILES string of the molecule is CC1CCCC(OOC2CCCC(C)C2)C1. The van der Waals surface area contributed by atoms with Gasteiger partial charge in [0.2, 0.25) is 0 Å². The minimum absolute atomic E-state index is 0.362. The van der Waals surface area contributed by atoms with Gasteiger partial charge in [0.25, 0.3) is 0 Å². The van der Waals surface area contributed by atoms with E-state index in [1.807, 2.05) is 0 Å². The maximum absolute atomic E-state index is 5.64. The molecule has 2 aliphatic carbocycles. The Morgan fingerprint density at radius 3 is 1.50 bits per heavy atom.